The summed E-state index contributed by atoms with van der Waals surface area (Å²) in [5.74, 6) is 0.233. The highest BCUT2D eigenvalue weighted by Gasteiger charge is 2.14. The lowest BCUT2D eigenvalue weighted by Gasteiger charge is -2.30. The largest absolute Gasteiger partial charge is 1.00 e. The van der Waals surface area contributed by atoms with E-state index in [1.165, 1.54) is 77.2 Å². The van der Waals surface area contributed by atoms with Crippen molar-refractivity contribution in [3.05, 3.63) is 12.7 Å². The van der Waals surface area contributed by atoms with Crippen LogP contribution in [-0.2, 0) is 4.79 Å². The lowest BCUT2D eigenvalue weighted by atomic mass is 10.1. The molecule has 0 saturated carbocycles. The van der Waals surface area contributed by atoms with Gasteiger partial charge < -0.3 is 26.8 Å². The number of likely N-dealkylation sites (N-methyl/N-ethyl adjacent to an activating group) is 1. The Balaban J connectivity index is 0. The minimum absolute atomic E-state index is 0. The highest BCUT2D eigenvalue weighted by molar-refractivity contribution is 5.75. The molecule has 3 nitrogen and oxygen atoms in total. The van der Waals surface area contributed by atoms with Gasteiger partial charge in [-0.3, -0.25) is 4.79 Å². The Morgan fingerprint density at radius 3 is 2.04 bits per heavy atom. The van der Waals surface area contributed by atoms with Crippen LogP contribution in [0.25, 0.3) is 0 Å². The van der Waals surface area contributed by atoms with Gasteiger partial charge in [0, 0.05) is 6.42 Å². The molecule has 0 rings (SSSR count). The quantitative estimate of drug-likeness (QED) is 0.184. The van der Waals surface area contributed by atoms with Crippen molar-refractivity contribution in [2.45, 2.75) is 96.8 Å². The number of halogens is 1. The van der Waals surface area contributed by atoms with Gasteiger partial charge in [0.2, 0.25) is 5.91 Å². The van der Waals surface area contributed by atoms with E-state index in [-0.39, 0.29) is 22.9 Å². The molecular weight excluding hydrogens is 400 g/mol. The smallest absolute Gasteiger partial charge is 0.220 e. The molecule has 0 atom stereocenters. The topological polar surface area (TPSA) is 29.1 Å². The van der Waals surface area contributed by atoms with E-state index in [1.807, 2.05) is 6.08 Å². The van der Waals surface area contributed by atoms with Crippen molar-refractivity contribution in [2.24, 2.45) is 0 Å². The third-order valence-electron chi connectivity index (χ3n) is 5.22. The summed E-state index contributed by atoms with van der Waals surface area (Å²) in [6.45, 7) is 9.07. The van der Waals surface area contributed by atoms with Crippen LogP contribution in [0.5, 0.6) is 0 Å². The fourth-order valence-electron chi connectivity index (χ4n) is 3.30. The van der Waals surface area contributed by atoms with Gasteiger partial charge >= 0.3 is 0 Å². The second-order valence-corrected chi connectivity index (χ2v) is 8.45. The number of nitrogens with one attached hydrogen (secondary N) is 1. The Morgan fingerprint density at radius 1 is 0.852 bits per heavy atom. The summed E-state index contributed by atoms with van der Waals surface area (Å²) in [5, 5.41) is 3.11. The maximum atomic E-state index is 11.9. The van der Waals surface area contributed by atoms with Gasteiger partial charge in [0.15, 0.2) is 0 Å². The number of hydrogen-bond acceptors (Lipinski definition) is 1. The molecule has 27 heavy (non-hydrogen) atoms. The Hall–Kier alpha value is -0.350. The molecule has 1 N–H and O–H groups in total. The summed E-state index contributed by atoms with van der Waals surface area (Å²) in [5.41, 5.74) is 0. The molecule has 0 saturated heterocycles. The van der Waals surface area contributed by atoms with Crippen molar-refractivity contribution in [3.8, 4) is 0 Å². The van der Waals surface area contributed by atoms with Crippen molar-refractivity contribution >= 4 is 5.91 Å². The third-order valence-corrected chi connectivity index (χ3v) is 5.22. The molecule has 0 unspecified atom stereocenters. The molecule has 4 heteroatoms. The molecule has 0 heterocycles. The van der Waals surface area contributed by atoms with Crippen molar-refractivity contribution < 1.29 is 26.3 Å². The second-order valence-electron chi connectivity index (χ2n) is 8.45. The van der Waals surface area contributed by atoms with Gasteiger partial charge in [-0.05, 0) is 32.1 Å². The van der Waals surface area contributed by atoms with E-state index in [1.54, 1.807) is 0 Å². The minimum Gasteiger partial charge on any atom is -1.00 e. The van der Waals surface area contributed by atoms with E-state index in [0.717, 1.165) is 30.4 Å². The average molecular weight is 448 g/mol. The number of hydrogen-bond donors (Lipinski definition) is 1. The SMILES string of the molecule is C=CCCCCCCCCC(=O)NCC[N+](C)(C)CCCCCCCC.[Br-]. The van der Waals surface area contributed by atoms with Crippen molar-refractivity contribution in [2.75, 3.05) is 33.7 Å². The Morgan fingerprint density at radius 2 is 1.41 bits per heavy atom. The van der Waals surface area contributed by atoms with Crippen LogP contribution in [0, 0.1) is 0 Å². The number of allylic oxidation sites excluding steroid dienone is 1. The number of rotatable bonds is 19. The van der Waals surface area contributed by atoms with Gasteiger partial charge in [0.25, 0.3) is 0 Å². The summed E-state index contributed by atoms with van der Waals surface area (Å²) < 4.78 is 1.01. The molecule has 0 spiro atoms. The van der Waals surface area contributed by atoms with Crippen LogP contribution in [0.2, 0.25) is 0 Å². The van der Waals surface area contributed by atoms with Gasteiger partial charge in [0.05, 0.1) is 33.7 Å². The first-order valence-corrected chi connectivity index (χ1v) is 11.2. The zero-order valence-electron chi connectivity index (χ0n) is 18.5. The molecular formula is C23H47BrN2O. The molecule has 1 amide bonds. The van der Waals surface area contributed by atoms with Crippen LogP contribution in [0.4, 0.5) is 0 Å². The van der Waals surface area contributed by atoms with Gasteiger partial charge in [-0.1, -0.05) is 64.4 Å². The maximum absolute atomic E-state index is 11.9. The van der Waals surface area contributed by atoms with Crippen molar-refractivity contribution in [3.63, 3.8) is 0 Å². The Bertz CT molecular complexity index is 345. The van der Waals surface area contributed by atoms with Crippen LogP contribution in [0.15, 0.2) is 12.7 Å². The summed E-state index contributed by atoms with van der Waals surface area (Å²) >= 11 is 0. The van der Waals surface area contributed by atoms with Gasteiger partial charge in [0.1, 0.15) is 0 Å². The lowest BCUT2D eigenvalue weighted by molar-refractivity contribution is -0.889. The molecule has 0 aromatic rings. The molecule has 0 radical (unpaired) electrons. The Labute approximate surface area is 180 Å². The minimum atomic E-state index is 0. The molecule has 0 aliphatic heterocycles. The highest BCUT2D eigenvalue weighted by Crippen LogP contribution is 2.09. The van der Waals surface area contributed by atoms with Crippen LogP contribution in [0.3, 0.4) is 0 Å². The third kappa shape index (κ3) is 21.8. The fourth-order valence-corrected chi connectivity index (χ4v) is 3.30. The number of quaternary nitrogens is 1. The maximum Gasteiger partial charge on any atom is 0.220 e. The molecule has 0 aliphatic carbocycles. The number of carbonyl (C=O) groups excluding carboxylic acids is 1. The van der Waals surface area contributed by atoms with Gasteiger partial charge in [-0.15, -0.1) is 6.58 Å². The first kappa shape index (κ1) is 28.9. The standard InChI is InChI=1S/C23H46N2O.BrH/c1-5-7-9-11-13-14-15-17-19-23(26)24-20-22-25(3,4)21-18-16-12-10-8-6-2;/h5H,1,6-22H2,2-4H3;1H. The van der Waals surface area contributed by atoms with Crippen LogP contribution < -0.4 is 22.3 Å². The summed E-state index contributed by atoms with van der Waals surface area (Å²) in [6.07, 6.45) is 19.2. The van der Waals surface area contributed by atoms with E-state index in [9.17, 15) is 4.79 Å². The molecule has 0 bridgehead atoms. The first-order chi connectivity index (χ1) is 12.5. The molecule has 0 fully saturated rings. The molecule has 0 aromatic carbocycles. The predicted molar refractivity (Wildman–Crippen MR) is 115 cm³/mol. The van der Waals surface area contributed by atoms with E-state index >= 15 is 0 Å². The molecule has 0 aliphatic rings. The number of amides is 1. The van der Waals surface area contributed by atoms with E-state index in [0.29, 0.717) is 6.42 Å². The zero-order chi connectivity index (χ0) is 19.5. The Kier molecular flexibility index (Phi) is 21.8. The van der Waals surface area contributed by atoms with Crippen molar-refractivity contribution in [1.82, 2.24) is 5.32 Å². The predicted octanol–water partition coefficient (Wildman–Crippen LogP) is 2.85. The van der Waals surface area contributed by atoms with Gasteiger partial charge in [-0.25, -0.2) is 0 Å². The van der Waals surface area contributed by atoms with E-state index < -0.39 is 0 Å². The molecule has 0 aromatic heterocycles. The van der Waals surface area contributed by atoms with E-state index in [4.69, 9.17) is 0 Å². The molecule has 162 valence electrons. The number of unbranched alkanes of at least 4 members (excludes halogenated alkanes) is 11. The average Bonchev–Trinajstić information content (AvgIpc) is 2.60. The monoisotopic (exact) mass is 446 g/mol. The van der Waals surface area contributed by atoms with Crippen molar-refractivity contribution in [1.29, 1.82) is 0 Å². The fraction of sp³-hybridized carbons (Fsp3) is 0.870. The van der Waals surface area contributed by atoms with Crippen LogP contribution >= 0.6 is 0 Å². The van der Waals surface area contributed by atoms with Crippen LogP contribution in [-0.4, -0.2) is 44.1 Å². The van der Waals surface area contributed by atoms with Crippen LogP contribution in [0.1, 0.15) is 96.8 Å². The van der Waals surface area contributed by atoms with E-state index in [2.05, 4.69) is 32.9 Å². The summed E-state index contributed by atoms with van der Waals surface area (Å²) in [7, 11) is 4.56. The first-order valence-electron chi connectivity index (χ1n) is 11.2. The van der Waals surface area contributed by atoms with Gasteiger partial charge in [-0.2, -0.15) is 0 Å². The normalized spacial score (nSPS) is 11.1. The summed E-state index contributed by atoms with van der Waals surface area (Å²) in [4.78, 5) is 11.9. The summed E-state index contributed by atoms with van der Waals surface area (Å²) in [6, 6.07) is 0. The highest BCUT2D eigenvalue weighted by atomic mass is 79.9. The lowest BCUT2D eigenvalue weighted by Crippen LogP contribution is -3.00. The number of nitrogens with zero attached hydrogens (tertiary/aromatic N) is 1. The second kappa shape index (κ2) is 20.4. The number of carbonyl (C=O) groups is 1. The zero-order valence-corrected chi connectivity index (χ0v) is 20.1.